The molecule has 4 aliphatic carbocycles. The molecule has 3 saturated carbocycles. The van der Waals surface area contributed by atoms with Gasteiger partial charge in [-0.1, -0.05) is 30.3 Å². The summed E-state index contributed by atoms with van der Waals surface area (Å²) in [4.78, 5) is 54.6. The number of aromatic amines is 2. The van der Waals surface area contributed by atoms with Crippen LogP contribution in [0.2, 0.25) is 0 Å². The number of fused-ring (bicyclic) bond motifs is 1. The molecular weight excluding hydrogens is 494 g/mol. The Bertz CT molecular complexity index is 1690. The number of H-pyrrole nitrogens is 2. The Morgan fingerprint density at radius 1 is 1.05 bits per heavy atom. The van der Waals surface area contributed by atoms with E-state index in [0.717, 1.165) is 24.8 Å². The summed E-state index contributed by atoms with van der Waals surface area (Å²) in [5.41, 5.74) is 4.22. The number of carbonyl (C=O) groups is 2. The van der Waals surface area contributed by atoms with Crippen LogP contribution in [-0.4, -0.2) is 34.3 Å². The Balaban J connectivity index is 1.02. The van der Waals surface area contributed by atoms with Gasteiger partial charge in [-0.3, -0.25) is 19.4 Å². The fraction of sp³-hybridized carbons (Fsp3) is 0.419. The van der Waals surface area contributed by atoms with Crippen LogP contribution in [-0.2, 0) is 23.1 Å². The molecule has 39 heavy (non-hydrogen) atoms. The zero-order valence-electron chi connectivity index (χ0n) is 21.5. The molecule has 3 N–H and O–H groups in total. The molecule has 8 heteroatoms. The number of amides is 1. The Morgan fingerprint density at radius 2 is 1.90 bits per heavy atom. The third-order valence-electron chi connectivity index (χ3n) is 10.5. The minimum atomic E-state index is -0.539. The zero-order chi connectivity index (χ0) is 26.5. The van der Waals surface area contributed by atoms with Crippen molar-refractivity contribution in [1.82, 2.24) is 15.3 Å². The lowest BCUT2D eigenvalue weighted by atomic mass is 9.56. The molecule has 1 aromatic heterocycles. The van der Waals surface area contributed by atoms with Crippen molar-refractivity contribution in [2.75, 3.05) is 6.54 Å². The van der Waals surface area contributed by atoms with Crippen LogP contribution < -0.4 is 21.3 Å². The van der Waals surface area contributed by atoms with Crippen molar-refractivity contribution in [2.24, 2.45) is 17.3 Å². The van der Waals surface area contributed by atoms with E-state index in [1.807, 2.05) is 30.3 Å². The Morgan fingerprint density at radius 3 is 2.67 bits per heavy atom. The number of hydrogen-bond acceptors (Lipinski definition) is 5. The highest BCUT2D eigenvalue weighted by Gasteiger charge is 2.74. The maximum absolute atomic E-state index is 13.4. The molecule has 0 radical (unpaired) electrons. The molecule has 5 atom stereocenters. The first kappa shape index (κ1) is 23.0. The third-order valence-corrected chi connectivity index (χ3v) is 10.5. The van der Waals surface area contributed by atoms with Gasteiger partial charge in [-0.05, 0) is 78.5 Å². The minimum Gasteiger partial charge on any atom is -0.481 e. The van der Waals surface area contributed by atoms with Crippen LogP contribution >= 0.6 is 0 Å². The van der Waals surface area contributed by atoms with Crippen LogP contribution in [0.5, 0.6) is 5.75 Å². The van der Waals surface area contributed by atoms with E-state index in [9.17, 15) is 19.2 Å². The molecule has 1 amide bonds. The summed E-state index contributed by atoms with van der Waals surface area (Å²) in [6.45, 7) is 0.440. The molecule has 2 unspecified atom stereocenters. The van der Waals surface area contributed by atoms with Crippen LogP contribution in [0, 0.1) is 17.3 Å². The van der Waals surface area contributed by atoms with Crippen LogP contribution in [0.4, 0.5) is 0 Å². The number of nitrogens with one attached hydrogen (secondary N) is 3. The molecule has 3 fully saturated rings. The number of carbonyl (C=O) groups excluding carboxylic acids is 2. The van der Waals surface area contributed by atoms with Gasteiger partial charge in [-0.25, -0.2) is 4.79 Å². The quantitative estimate of drug-likeness (QED) is 0.475. The average molecular weight is 524 g/mol. The first-order valence-electron chi connectivity index (χ1n) is 13.9. The second-order valence-corrected chi connectivity index (χ2v) is 12.2. The average Bonchev–Trinajstić information content (AvgIpc) is 3.34. The van der Waals surface area contributed by atoms with Gasteiger partial charge in [0.25, 0.3) is 11.5 Å². The maximum atomic E-state index is 13.4. The Kier molecular flexibility index (Phi) is 4.60. The van der Waals surface area contributed by atoms with Gasteiger partial charge in [0.1, 0.15) is 5.75 Å². The SMILES string of the molecule is O=C(NCCc1ccc(-c2c[nH]c(=O)[nH]c2=O)cc1)c1ccc2c3c1O[C@H]1C(=O)CCC4[C@@H]5CCC5(C2)C[C@@]341. The van der Waals surface area contributed by atoms with Crippen molar-refractivity contribution in [3.8, 4) is 16.9 Å². The van der Waals surface area contributed by atoms with Gasteiger partial charge in [0, 0.05) is 30.1 Å². The van der Waals surface area contributed by atoms with Crippen LogP contribution in [0.3, 0.4) is 0 Å². The van der Waals surface area contributed by atoms with Gasteiger partial charge >= 0.3 is 5.69 Å². The highest BCUT2D eigenvalue weighted by molar-refractivity contribution is 5.99. The van der Waals surface area contributed by atoms with E-state index in [2.05, 4.69) is 21.4 Å². The smallest absolute Gasteiger partial charge is 0.325 e. The Labute approximate surface area is 224 Å². The van der Waals surface area contributed by atoms with E-state index < -0.39 is 17.4 Å². The lowest BCUT2D eigenvalue weighted by Gasteiger charge is -2.48. The molecule has 8 rings (SSSR count). The number of hydrogen-bond donors (Lipinski definition) is 3. The first-order valence-corrected chi connectivity index (χ1v) is 13.9. The highest BCUT2D eigenvalue weighted by atomic mass is 16.5. The molecule has 198 valence electrons. The van der Waals surface area contributed by atoms with E-state index in [-0.39, 0.29) is 17.1 Å². The molecule has 8 nitrogen and oxygen atoms in total. The normalized spacial score (nSPS) is 30.7. The molecular formula is C31H29N3O5. The van der Waals surface area contributed by atoms with Gasteiger partial charge < -0.3 is 15.0 Å². The van der Waals surface area contributed by atoms with Crippen molar-refractivity contribution >= 4 is 11.7 Å². The first-order chi connectivity index (χ1) is 18.9. The van der Waals surface area contributed by atoms with E-state index in [1.165, 1.54) is 30.2 Å². The van der Waals surface area contributed by atoms with Crippen LogP contribution in [0.15, 0.2) is 52.2 Å². The number of ether oxygens (including phenoxy) is 1. The standard InChI is InChI=1S/C31H29N3O5/c35-23-8-7-22-21-9-11-30(21)13-18-5-6-19(25-24(18)31(22,15-30)26(23)39-25)27(36)32-12-10-16-1-3-17(4-2-16)20-14-33-29(38)34-28(20)37/h1-6,14,21-22,26H,7-13,15H2,(H,32,36)(H2,33,34,37,38)/t21-,22?,26-,30?,31-/m0/s1. The maximum Gasteiger partial charge on any atom is 0.325 e. The largest absolute Gasteiger partial charge is 0.481 e. The third kappa shape index (κ3) is 3.00. The predicted octanol–water partition coefficient (Wildman–Crippen LogP) is 3.04. The summed E-state index contributed by atoms with van der Waals surface area (Å²) >= 11 is 0. The molecule has 0 saturated heterocycles. The predicted molar refractivity (Wildman–Crippen MR) is 143 cm³/mol. The second kappa shape index (κ2) is 7.81. The number of aromatic nitrogens is 2. The number of ketones is 1. The molecule has 5 aliphatic rings. The molecule has 1 aliphatic heterocycles. The lowest BCUT2D eigenvalue weighted by Crippen LogP contribution is -2.51. The summed E-state index contributed by atoms with van der Waals surface area (Å²) in [5, 5.41) is 3.05. The number of benzene rings is 2. The molecule has 2 bridgehead atoms. The van der Waals surface area contributed by atoms with E-state index in [4.69, 9.17) is 4.74 Å². The summed E-state index contributed by atoms with van der Waals surface area (Å²) in [6, 6.07) is 11.5. The van der Waals surface area contributed by atoms with Crippen LogP contribution in [0.1, 0.15) is 59.2 Å². The van der Waals surface area contributed by atoms with Crippen molar-refractivity contribution in [3.63, 3.8) is 0 Å². The number of rotatable bonds is 5. The van der Waals surface area contributed by atoms with E-state index in [1.54, 1.807) is 0 Å². The summed E-state index contributed by atoms with van der Waals surface area (Å²) in [7, 11) is 0. The fourth-order valence-electron chi connectivity index (χ4n) is 8.93. The zero-order valence-corrected chi connectivity index (χ0v) is 21.5. The monoisotopic (exact) mass is 523 g/mol. The summed E-state index contributed by atoms with van der Waals surface area (Å²) < 4.78 is 6.48. The van der Waals surface area contributed by atoms with Gasteiger partial charge in [0.2, 0.25) is 0 Å². The van der Waals surface area contributed by atoms with Crippen molar-refractivity contribution in [1.29, 1.82) is 0 Å². The molecule has 2 heterocycles. The molecule has 3 aromatic rings. The fourth-order valence-corrected chi connectivity index (χ4v) is 8.93. The van der Waals surface area contributed by atoms with E-state index >= 15 is 0 Å². The molecule has 2 spiro atoms. The second-order valence-electron chi connectivity index (χ2n) is 12.2. The highest BCUT2D eigenvalue weighted by Crippen LogP contribution is 2.76. The minimum absolute atomic E-state index is 0.176. The molecule has 2 aromatic carbocycles. The Hall–Kier alpha value is -3.94. The lowest BCUT2D eigenvalue weighted by molar-refractivity contribution is -0.132. The van der Waals surface area contributed by atoms with Gasteiger partial charge in [-0.2, -0.15) is 0 Å². The topological polar surface area (TPSA) is 121 Å². The van der Waals surface area contributed by atoms with Crippen molar-refractivity contribution in [2.45, 2.75) is 56.5 Å². The van der Waals surface area contributed by atoms with Gasteiger partial charge in [0.15, 0.2) is 11.9 Å². The van der Waals surface area contributed by atoms with Gasteiger partial charge in [-0.15, -0.1) is 0 Å². The van der Waals surface area contributed by atoms with Crippen molar-refractivity contribution < 1.29 is 14.3 Å². The van der Waals surface area contributed by atoms with E-state index in [0.29, 0.717) is 59.1 Å². The van der Waals surface area contributed by atoms with Crippen LogP contribution in [0.25, 0.3) is 11.1 Å². The van der Waals surface area contributed by atoms with Crippen molar-refractivity contribution in [3.05, 3.63) is 85.7 Å². The summed E-state index contributed by atoms with van der Waals surface area (Å²) in [6.07, 6.45) is 7.72. The summed E-state index contributed by atoms with van der Waals surface area (Å²) in [5.74, 6) is 1.85. The number of Topliss-reactive ketones (excluding diaryl/α,β-unsaturated/α-hetero) is 1. The van der Waals surface area contributed by atoms with Gasteiger partial charge in [0.05, 0.1) is 11.1 Å².